The molecule has 0 saturated carbocycles. The van der Waals surface area contributed by atoms with Crippen LogP contribution in [0.2, 0.25) is 5.02 Å². The molecule has 3 rings (SSSR count). The monoisotopic (exact) mass is 291 g/mol. The van der Waals surface area contributed by atoms with Crippen LogP contribution < -0.4 is 10.5 Å². The van der Waals surface area contributed by atoms with Gasteiger partial charge in [-0.15, -0.1) is 0 Å². The molecule has 0 amide bonds. The summed E-state index contributed by atoms with van der Waals surface area (Å²) in [7, 11) is 0. The van der Waals surface area contributed by atoms with Crippen molar-refractivity contribution in [3.05, 3.63) is 64.4 Å². The highest BCUT2D eigenvalue weighted by molar-refractivity contribution is 6.30. The molecule has 0 saturated heterocycles. The molecule has 1 aliphatic rings. The first-order valence-electron chi connectivity index (χ1n) is 6.56. The van der Waals surface area contributed by atoms with Crippen LogP contribution in [0.4, 0.5) is 4.39 Å². The lowest BCUT2D eigenvalue weighted by atomic mass is 9.90. The molecule has 1 aliphatic heterocycles. The first-order chi connectivity index (χ1) is 9.65. The Kier molecular flexibility index (Phi) is 3.64. The van der Waals surface area contributed by atoms with Gasteiger partial charge in [0.15, 0.2) is 0 Å². The lowest BCUT2D eigenvalue weighted by Gasteiger charge is -2.18. The Morgan fingerprint density at radius 3 is 2.90 bits per heavy atom. The highest BCUT2D eigenvalue weighted by atomic mass is 35.5. The second-order valence-electron chi connectivity index (χ2n) is 5.07. The van der Waals surface area contributed by atoms with E-state index >= 15 is 0 Å². The Morgan fingerprint density at radius 1 is 1.30 bits per heavy atom. The van der Waals surface area contributed by atoms with Crippen molar-refractivity contribution < 1.29 is 9.13 Å². The second kappa shape index (κ2) is 5.43. The molecule has 2 atom stereocenters. The van der Waals surface area contributed by atoms with E-state index in [-0.39, 0.29) is 17.0 Å². The van der Waals surface area contributed by atoms with Crippen molar-refractivity contribution in [1.29, 1.82) is 0 Å². The number of hydrogen-bond acceptors (Lipinski definition) is 2. The van der Waals surface area contributed by atoms with Crippen molar-refractivity contribution in [3.8, 4) is 5.75 Å². The van der Waals surface area contributed by atoms with Gasteiger partial charge in [0, 0.05) is 17.5 Å². The molecule has 2 aromatic carbocycles. The van der Waals surface area contributed by atoms with Gasteiger partial charge in [0.25, 0.3) is 0 Å². The van der Waals surface area contributed by atoms with Crippen LogP contribution in [0.3, 0.4) is 0 Å². The van der Waals surface area contributed by atoms with Gasteiger partial charge >= 0.3 is 0 Å². The summed E-state index contributed by atoms with van der Waals surface area (Å²) in [4.78, 5) is 0. The normalized spacial score (nSPS) is 18.4. The zero-order chi connectivity index (χ0) is 14.1. The zero-order valence-corrected chi connectivity index (χ0v) is 11.6. The van der Waals surface area contributed by atoms with Gasteiger partial charge < -0.3 is 10.5 Å². The summed E-state index contributed by atoms with van der Waals surface area (Å²) in [6.07, 6.45) is 0.594. The Balaban J connectivity index is 1.77. The van der Waals surface area contributed by atoms with E-state index < -0.39 is 5.82 Å². The van der Waals surface area contributed by atoms with Crippen LogP contribution in [0.15, 0.2) is 42.5 Å². The summed E-state index contributed by atoms with van der Waals surface area (Å²) in [5.74, 6) is 0.639. The van der Waals surface area contributed by atoms with Crippen LogP contribution in [0.5, 0.6) is 5.75 Å². The molecule has 1 heterocycles. The molecule has 0 radical (unpaired) electrons. The van der Waals surface area contributed by atoms with E-state index in [0.717, 1.165) is 16.9 Å². The fraction of sp³-hybridized carbons (Fsp3) is 0.250. The minimum atomic E-state index is -0.403. The molecule has 104 valence electrons. The van der Waals surface area contributed by atoms with Gasteiger partial charge in [-0.1, -0.05) is 35.9 Å². The number of benzene rings is 2. The molecule has 0 bridgehead atoms. The number of nitrogens with two attached hydrogens (primary N) is 1. The van der Waals surface area contributed by atoms with Gasteiger partial charge in [-0.05, 0) is 30.2 Å². The van der Waals surface area contributed by atoms with Crippen LogP contribution in [-0.4, -0.2) is 12.6 Å². The van der Waals surface area contributed by atoms with Crippen LogP contribution in [0, 0.1) is 5.82 Å². The average molecular weight is 292 g/mol. The summed E-state index contributed by atoms with van der Waals surface area (Å²) in [5.41, 5.74) is 8.26. The SMILES string of the molecule is NC(Cc1ccc(Cl)c(F)c1)C1COc2ccccc21. The lowest BCUT2D eigenvalue weighted by Crippen LogP contribution is -2.31. The van der Waals surface area contributed by atoms with Crippen LogP contribution in [0.1, 0.15) is 17.0 Å². The van der Waals surface area contributed by atoms with E-state index in [1.165, 1.54) is 6.07 Å². The number of fused-ring (bicyclic) bond motifs is 1. The summed E-state index contributed by atoms with van der Waals surface area (Å²) < 4.78 is 19.1. The summed E-state index contributed by atoms with van der Waals surface area (Å²) in [6, 6.07) is 12.6. The van der Waals surface area contributed by atoms with Crippen molar-refractivity contribution in [3.63, 3.8) is 0 Å². The van der Waals surface area contributed by atoms with Gasteiger partial charge in [0.05, 0.1) is 11.6 Å². The van der Waals surface area contributed by atoms with Crippen LogP contribution in [-0.2, 0) is 6.42 Å². The van der Waals surface area contributed by atoms with Gasteiger partial charge in [0.1, 0.15) is 11.6 Å². The summed E-state index contributed by atoms with van der Waals surface area (Å²) in [5, 5.41) is 0.136. The summed E-state index contributed by atoms with van der Waals surface area (Å²) in [6.45, 7) is 0.580. The molecular formula is C16H15ClFNO. The van der Waals surface area contributed by atoms with Crippen molar-refractivity contribution in [2.24, 2.45) is 5.73 Å². The number of para-hydroxylation sites is 1. The Morgan fingerprint density at radius 2 is 2.10 bits per heavy atom. The van der Waals surface area contributed by atoms with Crippen molar-refractivity contribution in [2.75, 3.05) is 6.61 Å². The maximum Gasteiger partial charge on any atom is 0.142 e. The molecule has 2 nitrogen and oxygen atoms in total. The fourth-order valence-electron chi connectivity index (χ4n) is 2.62. The molecule has 0 aliphatic carbocycles. The Bertz CT molecular complexity index is 632. The molecule has 2 N–H and O–H groups in total. The minimum Gasteiger partial charge on any atom is -0.493 e. The van der Waals surface area contributed by atoms with E-state index in [2.05, 4.69) is 0 Å². The Labute approximate surface area is 122 Å². The van der Waals surface area contributed by atoms with Crippen molar-refractivity contribution in [1.82, 2.24) is 0 Å². The first kappa shape index (κ1) is 13.4. The predicted octanol–water partition coefficient (Wildman–Crippen LogP) is 3.53. The summed E-state index contributed by atoms with van der Waals surface area (Å²) >= 11 is 5.69. The van der Waals surface area contributed by atoms with E-state index in [0.29, 0.717) is 13.0 Å². The van der Waals surface area contributed by atoms with Gasteiger partial charge in [-0.3, -0.25) is 0 Å². The molecule has 2 aromatic rings. The molecule has 0 aromatic heterocycles. The standard InChI is InChI=1S/C16H15ClFNO/c17-13-6-5-10(7-14(13)18)8-15(19)12-9-20-16-4-2-1-3-11(12)16/h1-7,12,15H,8-9,19H2. The third kappa shape index (κ3) is 2.51. The van der Waals surface area contributed by atoms with Gasteiger partial charge in [0.2, 0.25) is 0 Å². The van der Waals surface area contributed by atoms with E-state index in [9.17, 15) is 4.39 Å². The van der Waals surface area contributed by atoms with Crippen molar-refractivity contribution in [2.45, 2.75) is 18.4 Å². The third-order valence-corrected chi connectivity index (χ3v) is 4.02. The molecular weight excluding hydrogens is 277 g/mol. The number of hydrogen-bond donors (Lipinski definition) is 1. The molecule has 4 heteroatoms. The van der Waals surface area contributed by atoms with E-state index in [4.69, 9.17) is 22.1 Å². The van der Waals surface area contributed by atoms with Crippen LogP contribution >= 0.6 is 11.6 Å². The molecule has 20 heavy (non-hydrogen) atoms. The maximum absolute atomic E-state index is 13.4. The molecule has 0 spiro atoms. The second-order valence-corrected chi connectivity index (χ2v) is 5.48. The third-order valence-electron chi connectivity index (χ3n) is 3.71. The van der Waals surface area contributed by atoms with Gasteiger partial charge in [-0.25, -0.2) is 4.39 Å². The number of ether oxygens (including phenoxy) is 1. The average Bonchev–Trinajstić information content (AvgIpc) is 2.87. The first-order valence-corrected chi connectivity index (χ1v) is 6.94. The fourth-order valence-corrected chi connectivity index (χ4v) is 2.74. The molecule has 2 unspecified atom stereocenters. The topological polar surface area (TPSA) is 35.2 Å². The minimum absolute atomic E-state index is 0.112. The number of halogens is 2. The van der Waals surface area contributed by atoms with E-state index in [1.54, 1.807) is 6.07 Å². The Hall–Kier alpha value is -1.58. The van der Waals surface area contributed by atoms with Gasteiger partial charge in [-0.2, -0.15) is 0 Å². The largest absolute Gasteiger partial charge is 0.493 e. The smallest absolute Gasteiger partial charge is 0.142 e. The quantitative estimate of drug-likeness (QED) is 0.939. The molecule has 0 fully saturated rings. The maximum atomic E-state index is 13.4. The van der Waals surface area contributed by atoms with E-state index in [1.807, 2.05) is 30.3 Å². The zero-order valence-electron chi connectivity index (χ0n) is 10.9. The lowest BCUT2D eigenvalue weighted by molar-refractivity contribution is 0.313. The van der Waals surface area contributed by atoms with Crippen LogP contribution in [0.25, 0.3) is 0 Å². The van der Waals surface area contributed by atoms with Crippen molar-refractivity contribution >= 4 is 11.6 Å². The predicted molar refractivity (Wildman–Crippen MR) is 77.8 cm³/mol. The number of rotatable bonds is 3. The highest BCUT2D eigenvalue weighted by Gasteiger charge is 2.29. The highest BCUT2D eigenvalue weighted by Crippen LogP contribution is 2.35.